The third-order valence-electron chi connectivity index (χ3n) is 4.48. The van der Waals surface area contributed by atoms with Gasteiger partial charge in [-0.1, -0.05) is 18.6 Å². The van der Waals surface area contributed by atoms with Gasteiger partial charge in [-0.15, -0.1) is 0 Å². The molecular weight excluding hydrogens is 253 g/mol. The minimum Gasteiger partial charge on any atom is -0.496 e. The molecular formula is C17H26FNO. The van der Waals surface area contributed by atoms with Crippen LogP contribution in [0.5, 0.6) is 5.75 Å². The summed E-state index contributed by atoms with van der Waals surface area (Å²) >= 11 is 0. The Morgan fingerprint density at radius 2 is 2.10 bits per heavy atom. The van der Waals surface area contributed by atoms with Gasteiger partial charge in [0.05, 0.1) is 7.11 Å². The summed E-state index contributed by atoms with van der Waals surface area (Å²) in [6.07, 6.45) is 3.96. The Balaban J connectivity index is 2.26. The molecule has 3 heteroatoms. The summed E-state index contributed by atoms with van der Waals surface area (Å²) in [6.45, 7) is 6.70. The zero-order valence-corrected chi connectivity index (χ0v) is 13.1. The first-order valence-electron chi connectivity index (χ1n) is 7.52. The number of halogens is 1. The lowest BCUT2D eigenvalue weighted by Gasteiger charge is -2.31. The van der Waals surface area contributed by atoms with Gasteiger partial charge in [-0.3, -0.25) is 0 Å². The fourth-order valence-electron chi connectivity index (χ4n) is 3.13. The van der Waals surface area contributed by atoms with Crippen LogP contribution in [-0.4, -0.2) is 19.7 Å². The van der Waals surface area contributed by atoms with Gasteiger partial charge < -0.3 is 10.1 Å². The van der Waals surface area contributed by atoms with E-state index in [9.17, 15) is 0 Å². The standard InChI is InChI=1S/C17H26FNO/c1-12-8-9-15(16(20-4)13(12)2)17(3,18)11-14-7-5-6-10-19-14/h8-9,14,19H,5-7,10-11H2,1-4H3. The summed E-state index contributed by atoms with van der Waals surface area (Å²) in [5.74, 6) is 0.700. The van der Waals surface area contributed by atoms with Crippen LogP contribution >= 0.6 is 0 Å². The largest absolute Gasteiger partial charge is 0.496 e. The second kappa shape index (κ2) is 6.13. The highest BCUT2D eigenvalue weighted by molar-refractivity contribution is 5.47. The molecule has 2 rings (SSSR count). The number of aryl methyl sites for hydroxylation is 1. The Hall–Kier alpha value is -1.09. The monoisotopic (exact) mass is 279 g/mol. The first-order valence-corrected chi connectivity index (χ1v) is 7.52. The zero-order valence-electron chi connectivity index (χ0n) is 13.1. The second-order valence-electron chi connectivity index (χ2n) is 6.14. The predicted molar refractivity (Wildman–Crippen MR) is 81.2 cm³/mol. The molecule has 1 aliphatic rings. The van der Waals surface area contributed by atoms with Crippen molar-refractivity contribution in [3.05, 3.63) is 28.8 Å². The molecule has 1 saturated heterocycles. The molecule has 0 radical (unpaired) electrons. The van der Waals surface area contributed by atoms with Crippen molar-refractivity contribution < 1.29 is 9.13 Å². The third-order valence-corrected chi connectivity index (χ3v) is 4.48. The van der Waals surface area contributed by atoms with E-state index in [0.29, 0.717) is 17.7 Å². The number of benzene rings is 1. The van der Waals surface area contributed by atoms with Crippen LogP contribution in [0, 0.1) is 13.8 Å². The Kier molecular flexibility index (Phi) is 4.69. The minimum atomic E-state index is -1.36. The number of rotatable bonds is 4. The molecule has 0 bridgehead atoms. The van der Waals surface area contributed by atoms with Crippen LogP contribution in [0.25, 0.3) is 0 Å². The average Bonchev–Trinajstić information content (AvgIpc) is 2.42. The van der Waals surface area contributed by atoms with Crippen molar-refractivity contribution >= 4 is 0 Å². The summed E-state index contributed by atoms with van der Waals surface area (Å²) in [5.41, 5.74) is 1.48. The Labute approximate surface area is 121 Å². The number of nitrogens with one attached hydrogen (secondary N) is 1. The highest BCUT2D eigenvalue weighted by atomic mass is 19.1. The average molecular weight is 279 g/mol. The number of hydrogen-bond acceptors (Lipinski definition) is 2. The second-order valence-corrected chi connectivity index (χ2v) is 6.14. The molecule has 0 spiro atoms. The van der Waals surface area contributed by atoms with Gasteiger partial charge in [0.25, 0.3) is 0 Å². The number of methoxy groups -OCH3 is 1. The number of piperidine rings is 1. The molecule has 1 heterocycles. The lowest BCUT2D eigenvalue weighted by molar-refractivity contribution is 0.142. The Bertz CT molecular complexity index is 464. The SMILES string of the molecule is COc1c(C(C)(F)CC2CCCCN2)ccc(C)c1C. The third kappa shape index (κ3) is 3.14. The molecule has 2 unspecified atom stereocenters. The van der Waals surface area contributed by atoms with E-state index < -0.39 is 5.67 Å². The van der Waals surface area contributed by atoms with Crippen LogP contribution in [0.1, 0.15) is 49.3 Å². The molecule has 2 atom stereocenters. The Morgan fingerprint density at radius 1 is 1.35 bits per heavy atom. The zero-order chi connectivity index (χ0) is 14.8. The molecule has 1 N–H and O–H groups in total. The summed E-state index contributed by atoms with van der Waals surface area (Å²) in [6, 6.07) is 4.13. The molecule has 2 nitrogen and oxygen atoms in total. The quantitative estimate of drug-likeness (QED) is 0.898. The van der Waals surface area contributed by atoms with Crippen molar-refractivity contribution in [1.29, 1.82) is 0 Å². The minimum absolute atomic E-state index is 0.269. The lowest BCUT2D eigenvalue weighted by atomic mass is 9.85. The van der Waals surface area contributed by atoms with Crippen LogP contribution in [0.2, 0.25) is 0 Å². The fraction of sp³-hybridized carbons (Fsp3) is 0.647. The van der Waals surface area contributed by atoms with Crippen molar-refractivity contribution in [3.63, 3.8) is 0 Å². The van der Waals surface area contributed by atoms with E-state index >= 15 is 4.39 Å². The molecule has 1 aromatic carbocycles. The number of hydrogen-bond donors (Lipinski definition) is 1. The van der Waals surface area contributed by atoms with Gasteiger partial charge in [-0.2, -0.15) is 0 Å². The predicted octanol–water partition coefficient (Wildman–Crippen LogP) is 4.03. The van der Waals surface area contributed by atoms with Crippen LogP contribution in [0.3, 0.4) is 0 Å². The molecule has 1 aromatic rings. The van der Waals surface area contributed by atoms with E-state index in [4.69, 9.17) is 4.74 Å². The fourth-order valence-corrected chi connectivity index (χ4v) is 3.13. The van der Waals surface area contributed by atoms with Crippen molar-refractivity contribution in [3.8, 4) is 5.75 Å². The molecule has 20 heavy (non-hydrogen) atoms. The Morgan fingerprint density at radius 3 is 2.70 bits per heavy atom. The van der Waals surface area contributed by atoms with Crippen LogP contribution < -0.4 is 10.1 Å². The molecule has 0 aromatic heterocycles. The molecule has 0 saturated carbocycles. The van der Waals surface area contributed by atoms with Crippen molar-refractivity contribution in [1.82, 2.24) is 5.32 Å². The smallest absolute Gasteiger partial charge is 0.138 e. The van der Waals surface area contributed by atoms with E-state index in [2.05, 4.69) is 5.32 Å². The highest BCUT2D eigenvalue weighted by Crippen LogP contribution is 2.40. The van der Waals surface area contributed by atoms with E-state index in [1.54, 1.807) is 14.0 Å². The van der Waals surface area contributed by atoms with Crippen molar-refractivity contribution in [2.75, 3.05) is 13.7 Å². The summed E-state index contributed by atoms with van der Waals surface area (Å²) in [7, 11) is 1.63. The summed E-state index contributed by atoms with van der Waals surface area (Å²) < 4.78 is 20.7. The normalized spacial score (nSPS) is 22.4. The first kappa shape index (κ1) is 15.3. The van der Waals surface area contributed by atoms with E-state index in [1.807, 2.05) is 26.0 Å². The van der Waals surface area contributed by atoms with Crippen LogP contribution in [0.4, 0.5) is 4.39 Å². The molecule has 1 fully saturated rings. The maximum atomic E-state index is 15.2. The van der Waals surface area contributed by atoms with Gasteiger partial charge in [0.1, 0.15) is 11.4 Å². The first-order chi connectivity index (χ1) is 9.45. The van der Waals surface area contributed by atoms with Gasteiger partial charge >= 0.3 is 0 Å². The summed E-state index contributed by atoms with van der Waals surface area (Å²) in [5, 5.41) is 3.43. The molecule has 0 aliphatic carbocycles. The maximum absolute atomic E-state index is 15.2. The highest BCUT2D eigenvalue weighted by Gasteiger charge is 2.33. The maximum Gasteiger partial charge on any atom is 0.138 e. The number of alkyl halides is 1. The van der Waals surface area contributed by atoms with E-state index in [0.717, 1.165) is 24.1 Å². The molecule has 112 valence electrons. The summed E-state index contributed by atoms with van der Waals surface area (Å²) in [4.78, 5) is 0. The number of ether oxygens (including phenoxy) is 1. The van der Waals surface area contributed by atoms with E-state index in [-0.39, 0.29) is 6.04 Å². The lowest BCUT2D eigenvalue weighted by Crippen LogP contribution is -2.38. The topological polar surface area (TPSA) is 21.3 Å². The molecule has 1 aliphatic heterocycles. The van der Waals surface area contributed by atoms with E-state index in [1.165, 1.54) is 12.8 Å². The van der Waals surface area contributed by atoms with Gasteiger partial charge in [0, 0.05) is 18.0 Å². The van der Waals surface area contributed by atoms with Gasteiger partial charge in [0.15, 0.2) is 0 Å². The van der Waals surface area contributed by atoms with Crippen molar-refractivity contribution in [2.45, 2.75) is 58.2 Å². The van der Waals surface area contributed by atoms with Gasteiger partial charge in [0.2, 0.25) is 0 Å². The molecule has 0 amide bonds. The van der Waals surface area contributed by atoms with Gasteiger partial charge in [-0.05, 0) is 51.3 Å². The van der Waals surface area contributed by atoms with Crippen LogP contribution in [0.15, 0.2) is 12.1 Å². The van der Waals surface area contributed by atoms with Gasteiger partial charge in [-0.25, -0.2) is 4.39 Å². The van der Waals surface area contributed by atoms with Crippen molar-refractivity contribution in [2.24, 2.45) is 0 Å². The van der Waals surface area contributed by atoms with Crippen LogP contribution in [-0.2, 0) is 5.67 Å².